The van der Waals surface area contributed by atoms with Crippen LogP contribution in [0.3, 0.4) is 0 Å². The molecule has 0 fully saturated rings. The molecule has 5 nitrogen and oxygen atoms in total. The number of aliphatic hydroxyl groups is 1. The second-order valence-corrected chi connectivity index (χ2v) is 3.32. The van der Waals surface area contributed by atoms with Crippen LogP contribution in [-0.4, -0.2) is 22.9 Å². The van der Waals surface area contributed by atoms with Gasteiger partial charge in [-0.3, -0.25) is 0 Å². The van der Waals surface area contributed by atoms with E-state index in [1.54, 1.807) is 0 Å². The Morgan fingerprint density at radius 2 is 1.83 bits per heavy atom. The largest absolute Gasteiger partial charge is 1.00 e. The van der Waals surface area contributed by atoms with Crippen LogP contribution in [0.5, 0.6) is 0 Å². The second kappa shape index (κ2) is 7.45. The molecule has 0 aliphatic heterocycles. The monoisotopic (exact) mass is 185 g/mol. The molecular formula is C5H7LiO5P+. The number of aliphatic carboxylic acids is 1. The molecule has 0 aliphatic rings. The van der Waals surface area contributed by atoms with Crippen molar-refractivity contribution in [1.82, 2.24) is 0 Å². The molecule has 1 unspecified atom stereocenters. The standard InChI is InChI=1S/C5H7O5P.Li/c6-3-11(10)5(9)2-1-4(7)8;/h6H,1-3H2;/q;+1. The molecule has 1 N–H and O–H groups in total. The van der Waals surface area contributed by atoms with Crippen molar-refractivity contribution in [1.29, 1.82) is 0 Å². The molecule has 0 heterocycles. The summed E-state index contributed by atoms with van der Waals surface area (Å²) in [6.07, 6.45) is -1.50. The maximum absolute atomic E-state index is 10.5. The fourth-order valence-corrected chi connectivity index (χ4v) is 0.932. The van der Waals surface area contributed by atoms with Gasteiger partial charge in [-0.1, -0.05) is 4.57 Å². The van der Waals surface area contributed by atoms with Crippen LogP contribution in [0.2, 0.25) is 0 Å². The van der Waals surface area contributed by atoms with E-state index >= 15 is 0 Å². The molecule has 0 aliphatic carbocycles. The maximum atomic E-state index is 10.5. The Hall–Kier alpha value is -0.203. The van der Waals surface area contributed by atoms with Gasteiger partial charge < -0.3 is 15.0 Å². The SMILES string of the molecule is O=C([O-])CCC(=O)[P+](=O)CO.[Li+]. The minimum Gasteiger partial charge on any atom is -0.550 e. The molecule has 1 atom stereocenters. The van der Waals surface area contributed by atoms with E-state index in [-0.39, 0.29) is 25.3 Å². The predicted molar refractivity (Wildman–Crippen MR) is 33.9 cm³/mol. The van der Waals surface area contributed by atoms with Crippen molar-refractivity contribution in [3.8, 4) is 0 Å². The summed E-state index contributed by atoms with van der Waals surface area (Å²) >= 11 is 0. The Bertz CT molecular complexity index is 192. The summed E-state index contributed by atoms with van der Waals surface area (Å²) in [6, 6.07) is 0. The number of carboxylic acid groups (broad SMARTS) is 1. The van der Waals surface area contributed by atoms with E-state index < -0.39 is 32.1 Å². The normalized spacial score (nSPS) is 9.92. The molecule has 0 aromatic heterocycles. The zero-order chi connectivity index (χ0) is 8.85. The van der Waals surface area contributed by atoms with E-state index in [1.807, 2.05) is 0 Å². The van der Waals surface area contributed by atoms with Gasteiger partial charge in [0.15, 0.2) is 0 Å². The molecule has 0 spiro atoms. The van der Waals surface area contributed by atoms with E-state index in [4.69, 9.17) is 5.11 Å². The predicted octanol–water partition coefficient (Wildman–Crippen LogP) is -4.18. The molecule has 62 valence electrons. The molecule has 0 bridgehead atoms. The van der Waals surface area contributed by atoms with Crippen LogP contribution < -0.4 is 24.0 Å². The number of rotatable bonds is 5. The number of carbonyl (C=O) groups is 2. The number of carbonyl (C=O) groups excluding carboxylic acids is 2. The first kappa shape index (κ1) is 14.3. The third kappa shape index (κ3) is 6.50. The van der Waals surface area contributed by atoms with E-state index in [2.05, 4.69) is 0 Å². The molecule has 0 aromatic carbocycles. The molecule has 7 heteroatoms. The molecular weight excluding hydrogens is 178 g/mol. The first-order chi connectivity index (χ1) is 5.07. The van der Waals surface area contributed by atoms with Gasteiger partial charge in [-0.2, -0.15) is 0 Å². The van der Waals surface area contributed by atoms with Crippen LogP contribution in [0.1, 0.15) is 12.8 Å². The van der Waals surface area contributed by atoms with Gasteiger partial charge in [-0.05, 0) is 6.42 Å². The summed E-state index contributed by atoms with van der Waals surface area (Å²) in [5, 5.41) is 18.0. The summed E-state index contributed by atoms with van der Waals surface area (Å²) in [7, 11) is -2.29. The molecule has 0 saturated heterocycles. The van der Waals surface area contributed by atoms with Crippen molar-refractivity contribution in [2.24, 2.45) is 0 Å². The van der Waals surface area contributed by atoms with Crippen LogP contribution in [0.25, 0.3) is 0 Å². The molecule has 0 aromatic rings. The van der Waals surface area contributed by atoms with Gasteiger partial charge in [0, 0.05) is 5.97 Å². The Balaban J connectivity index is 0. The topological polar surface area (TPSA) is 94.5 Å². The van der Waals surface area contributed by atoms with Crippen LogP contribution in [0.4, 0.5) is 0 Å². The second-order valence-electron chi connectivity index (χ2n) is 1.79. The van der Waals surface area contributed by atoms with Crippen molar-refractivity contribution >= 4 is 19.3 Å². The molecule has 12 heavy (non-hydrogen) atoms. The number of hydrogen-bond donors (Lipinski definition) is 1. The van der Waals surface area contributed by atoms with Crippen LogP contribution in [-0.2, 0) is 14.2 Å². The van der Waals surface area contributed by atoms with Crippen molar-refractivity contribution in [3.63, 3.8) is 0 Å². The summed E-state index contributed by atoms with van der Waals surface area (Å²) in [5.41, 5.74) is -0.730. The zero-order valence-electron chi connectivity index (χ0n) is 6.65. The van der Waals surface area contributed by atoms with Crippen molar-refractivity contribution in [2.75, 3.05) is 6.35 Å². The number of carboxylic acids is 1. The summed E-state index contributed by atoms with van der Waals surface area (Å²) in [5.74, 6) is -1.36. The number of hydrogen-bond acceptors (Lipinski definition) is 5. The quantitative estimate of drug-likeness (QED) is 0.346. The maximum Gasteiger partial charge on any atom is 1.00 e. The van der Waals surface area contributed by atoms with Crippen molar-refractivity contribution in [2.45, 2.75) is 12.8 Å². The first-order valence-corrected chi connectivity index (χ1v) is 4.30. The third-order valence-corrected chi connectivity index (χ3v) is 1.99. The van der Waals surface area contributed by atoms with Gasteiger partial charge in [-0.25, -0.2) is 4.79 Å². The fraction of sp³-hybridized carbons (Fsp3) is 0.600. The van der Waals surface area contributed by atoms with E-state index in [0.717, 1.165) is 0 Å². The zero-order valence-corrected chi connectivity index (χ0v) is 7.54. The Morgan fingerprint density at radius 1 is 1.33 bits per heavy atom. The van der Waals surface area contributed by atoms with Crippen LogP contribution >= 0.6 is 7.80 Å². The van der Waals surface area contributed by atoms with Crippen molar-refractivity contribution in [3.05, 3.63) is 0 Å². The average molecular weight is 185 g/mol. The fourth-order valence-electron chi connectivity index (χ4n) is 0.413. The average Bonchev–Trinajstić information content (AvgIpc) is 1.98. The molecule has 0 amide bonds. The van der Waals surface area contributed by atoms with Gasteiger partial charge in [-0.15, -0.1) is 0 Å². The summed E-state index contributed by atoms with van der Waals surface area (Å²) in [6.45, 7) is 0. The van der Waals surface area contributed by atoms with E-state index in [9.17, 15) is 19.3 Å². The smallest absolute Gasteiger partial charge is 0.550 e. The van der Waals surface area contributed by atoms with Gasteiger partial charge in [0.25, 0.3) is 6.35 Å². The first-order valence-electron chi connectivity index (χ1n) is 2.86. The van der Waals surface area contributed by atoms with Gasteiger partial charge >= 0.3 is 32.2 Å². The van der Waals surface area contributed by atoms with Gasteiger partial charge in [0.2, 0.25) is 0 Å². The molecule has 0 saturated carbocycles. The van der Waals surface area contributed by atoms with E-state index in [0.29, 0.717) is 0 Å². The minimum absolute atomic E-state index is 0. The minimum atomic E-state index is -2.29. The van der Waals surface area contributed by atoms with Gasteiger partial charge in [0.1, 0.15) is 0 Å². The number of aliphatic hydroxyl groups excluding tert-OH is 1. The van der Waals surface area contributed by atoms with Crippen LogP contribution in [0, 0.1) is 0 Å². The molecule has 0 rings (SSSR count). The van der Waals surface area contributed by atoms with Gasteiger partial charge in [0.05, 0.1) is 6.42 Å². The third-order valence-electron chi connectivity index (χ3n) is 0.950. The van der Waals surface area contributed by atoms with Crippen LogP contribution in [0.15, 0.2) is 0 Å². The summed E-state index contributed by atoms with van der Waals surface area (Å²) in [4.78, 5) is 20.3. The Labute approximate surface area is 82.1 Å². The summed E-state index contributed by atoms with van der Waals surface area (Å²) < 4.78 is 10.5. The van der Waals surface area contributed by atoms with Crippen molar-refractivity contribution < 1.29 is 43.2 Å². The van der Waals surface area contributed by atoms with E-state index in [1.165, 1.54) is 0 Å². The Morgan fingerprint density at radius 3 is 2.17 bits per heavy atom. The Kier molecular flexibility index (Phi) is 8.89. The molecule has 0 radical (unpaired) electrons.